The first-order chi connectivity index (χ1) is 9.37. The van der Waals surface area contributed by atoms with Crippen molar-refractivity contribution in [3.05, 3.63) is 5.89 Å². The number of nitrogens with one attached hydrogen (secondary N) is 3. The molecular formula is C11H23N5O3S. The molecule has 0 bridgehead atoms. The predicted molar refractivity (Wildman–Crippen MR) is 76.8 cm³/mol. The Bertz CT molecular complexity index is 486. The molecule has 0 amide bonds. The van der Waals surface area contributed by atoms with E-state index in [2.05, 4.69) is 39.4 Å². The summed E-state index contributed by atoms with van der Waals surface area (Å²) in [6.45, 7) is 6.62. The van der Waals surface area contributed by atoms with Crippen molar-refractivity contribution >= 4 is 16.0 Å². The molecule has 1 rings (SSSR count). The third-order valence-electron chi connectivity index (χ3n) is 2.29. The topological polar surface area (TPSA) is 109 Å². The Kier molecular flexibility index (Phi) is 6.89. The van der Waals surface area contributed by atoms with Gasteiger partial charge in [-0.1, -0.05) is 18.9 Å². The van der Waals surface area contributed by atoms with Crippen LogP contribution in [0.3, 0.4) is 0 Å². The minimum absolute atomic E-state index is 0.353. The molecule has 9 heteroatoms. The maximum atomic E-state index is 10.8. The van der Waals surface area contributed by atoms with Gasteiger partial charge in [-0.25, -0.2) is 13.1 Å². The van der Waals surface area contributed by atoms with Gasteiger partial charge in [0.1, 0.15) is 0 Å². The quantitative estimate of drug-likeness (QED) is 0.528. The average Bonchev–Trinajstić information content (AvgIpc) is 2.74. The standard InChI is InChI=1S/C11H23N5O3S/c1-9(2)7-12-8-10-15-16-11(19-10)13-5-4-6-14-20(3,17)18/h9,12,14H,4-8H2,1-3H3,(H,13,16). The number of nitrogens with zero attached hydrogens (tertiary/aromatic N) is 2. The molecule has 0 saturated heterocycles. The highest BCUT2D eigenvalue weighted by Crippen LogP contribution is 2.05. The molecule has 0 fully saturated rings. The highest BCUT2D eigenvalue weighted by molar-refractivity contribution is 7.88. The van der Waals surface area contributed by atoms with Crippen LogP contribution in [0.25, 0.3) is 0 Å². The van der Waals surface area contributed by atoms with Crippen molar-refractivity contribution in [3.63, 3.8) is 0 Å². The van der Waals surface area contributed by atoms with Crippen LogP contribution >= 0.6 is 0 Å². The molecule has 0 spiro atoms. The molecule has 1 aromatic heterocycles. The lowest BCUT2D eigenvalue weighted by Crippen LogP contribution is -2.24. The van der Waals surface area contributed by atoms with Crippen molar-refractivity contribution in [2.75, 3.05) is 31.2 Å². The number of rotatable bonds is 10. The van der Waals surface area contributed by atoms with E-state index in [1.54, 1.807) is 0 Å². The van der Waals surface area contributed by atoms with Gasteiger partial charge in [-0.05, 0) is 18.9 Å². The van der Waals surface area contributed by atoms with Crippen LogP contribution in [0.15, 0.2) is 4.42 Å². The lowest BCUT2D eigenvalue weighted by atomic mass is 10.2. The summed E-state index contributed by atoms with van der Waals surface area (Å²) in [4.78, 5) is 0. The number of hydrogen-bond acceptors (Lipinski definition) is 7. The minimum Gasteiger partial charge on any atom is -0.407 e. The molecule has 0 aliphatic rings. The van der Waals surface area contributed by atoms with Crippen LogP contribution < -0.4 is 15.4 Å². The Morgan fingerprint density at radius 2 is 2.00 bits per heavy atom. The molecule has 0 unspecified atom stereocenters. The van der Waals surface area contributed by atoms with Gasteiger partial charge in [0.25, 0.3) is 0 Å². The maximum absolute atomic E-state index is 10.8. The smallest absolute Gasteiger partial charge is 0.315 e. The van der Waals surface area contributed by atoms with Crippen LogP contribution in [0.2, 0.25) is 0 Å². The van der Waals surface area contributed by atoms with E-state index in [1.165, 1.54) is 0 Å². The largest absolute Gasteiger partial charge is 0.407 e. The summed E-state index contributed by atoms with van der Waals surface area (Å²) in [6.07, 6.45) is 1.77. The summed E-state index contributed by atoms with van der Waals surface area (Å²) in [5.74, 6) is 1.10. The van der Waals surface area contributed by atoms with E-state index >= 15 is 0 Å². The molecule has 3 N–H and O–H groups in total. The normalized spacial score (nSPS) is 12.0. The fourth-order valence-corrected chi connectivity index (χ4v) is 1.92. The second-order valence-corrected chi connectivity index (χ2v) is 6.81. The Hall–Kier alpha value is -1.19. The lowest BCUT2D eigenvalue weighted by Gasteiger charge is -2.04. The fraction of sp³-hybridized carbons (Fsp3) is 0.818. The zero-order valence-electron chi connectivity index (χ0n) is 12.1. The second kappa shape index (κ2) is 8.18. The van der Waals surface area contributed by atoms with E-state index in [0.29, 0.717) is 43.9 Å². The molecule has 1 heterocycles. The zero-order chi connectivity index (χ0) is 15.0. The van der Waals surface area contributed by atoms with Crippen molar-refractivity contribution in [1.82, 2.24) is 20.2 Å². The van der Waals surface area contributed by atoms with Gasteiger partial charge in [-0.2, -0.15) is 0 Å². The summed E-state index contributed by atoms with van der Waals surface area (Å²) in [5, 5.41) is 13.9. The van der Waals surface area contributed by atoms with Crippen molar-refractivity contribution in [2.45, 2.75) is 26.8 Å². The average molecular weight is 305 g/mol. The Morgan fingerprint density at radius 1 is 1.25 bits per heavy atom. The van der Waals surface area contributed by atoms with Crippen LogP contribution in [0, 0.1) is 5.92 Å². The van der Waals surface area contributed by atoms with Crippen LogP contribution in [0.5, 0.6) is 0 Å². The third kappa shape index (κ3) is 8.08. The Morgan fingerprint density at radius 3 is 2.65 bits per heavy atom. The summed E-state index contributed by atoms with van der Waals surface area (Å²) < 4.78 is 29.5. The molecule has 20 heavy (non-hydrogen) atoms. The first-order valence-corrected chi connectivity index (χ1v) is 8.47. The first kappa shape index (κ1) is 16.9. The van der Waals surface area contributed by atoms with E-state index in [0.717, 1.165) is 12.8 Å². The zero-order valence-corrected chi connectivity index (χ0v) is 13.0. The summed E-state index contributed by atoms with van der Waals surface area (Å²) >= 11 is 0. The highest BCUT2D eigenvalue weighted by atomic mass is 32.2. The van der Waals surface area contributed by atoms with Crippen LogP contribution in [-0.4, -0.2) is 44.5 Å². The van der Waals surface area contributed by atoms with E-state index in [1.807, 2.05) is 0 Å². The minimum atomic E-state index is -3.12. The monoisotopic (exact) mass is 305 g/mol. The number of hydrogen-bond donors (Lipinski definition) is 3. The molecule has 8 nitrogen and oxygen atoms in total. The lowest BCUT2D eigenvalue weighted by molar-refractivity contribution is 0.458. The first-order valence-electron chi connectivity index (χ1n) is 6.58. The van der Waals surface area contributed by atoms with Gasteiger partial charge in [0.05, 0.1) is 12.8 Å². The van der Waals surface area contributed by atoms with Gasteiger partial charge in [-0.3, -0.25) is 0 Å². The van der Waals surface area contributed by atoms with E-state index in [9.17, 15) is 8.42 Å². The summed E-state index contributed by atoms with van der Waals surface area (Å²) in [7, 11) is -3.12. The van der Waals surface area contributed by atoms with Crippen molar-refractivity contribution < 1.29 is 12.8 Å². The molecule has 0 saturated carbocycles. The van der Waals surface area contributed by atoms with Crippen LogP contribution in [0.1, 0.15) is 26.2 Å². The van der Waals surface area contributed by atoms with Crippen molar-refractivity contribution in [2.24, 2.45) is 5.92 Å². The van der Waals surface area contributed by atoms with Gasteiger partial charge >= 0.3 is 6.01 Å². The van der Waals surface area contributed by atoms with Crippen LogP contribution in [-0.2, 0) is 16.6 Å². The number of sulfonamides is 1. The van der Waals surface area contributed by atoms with Gasteiger partial charge in [0.15, 0.2) is 0 Å². The third-order valence-corrected chi connectivity index (χ3v) is 3.02. The number of aromatic nitrogens is 2. The Balaban J connectivity index is 2.17. The predicted octanol–water partition coefficient (Wildman–Crippen LogP) is 0.166. The van der Waals surface area contributed by atoms with Gasteiger partial charge < -0.3 is 15.1 Å². The van der Waals surface area contributed by atoms with Crippen molar-refractivity contribution in [1.29, 1.82) is 0 Å². The maximum Gasteiger partial charge on any atom is 0.315 e. The number of anilines is 1. The summed E-state index contributed by atoms with van der Waals surface area (Å²) in [5.41, 5.74) is 0. The molecule has 0 radical (unpaired) electrons. The molecule has 0 aliphatic heterocycles. The van der Waals surface area contributed by atoms with E-state index in [4.69, 9.17) is 4.42 Å². The SMILES string of the molecule is CC(C)CNCc1nnc(NCCCNS(C)(=O)=O)o1. The van der Waals surface area contributed by atoms with E-state index in [-0.39, 0.29) is 0 Å². The molecular weight excluding hydrogens is 282 g/mol. The van der Waals surface area contributed by atoms with Gasteiger partial charge in [0, 0.05) is 13.1 Å². The molecule has 1 aromatic rings. The summed E-state index contributed by atoms with van der Waals surface area (Å²) in [6, 6.07) is 0.353. The fourth-order valence-electron chi connectivity index (χ4n) is 1.41. The Labute approximate surface area is 119 Å². The molecule has 0 atom stereocenters. The molecule has 116 valence electrons. The van der Waals surface area contributed by atoms with Gasteiger partial charge in [0.2, 0.25) is 15.9 Å². The molecule has 0 aliphatic carbocycles. The highest BCUT2D eigenvalue weighted by Gasteiger charge is 2.05. The van der Waals surface area contributed by atoms with E-state index < -0.39 is 10.0 Å². The van der Waals surface area contributed by atoms with Crippen molar-refractivity contribution in [3.8, 4) is 0 Å². The van der Waals surface area contributed by atoms with Crippen LogP contribution in [0.4, 0.5) is 6.01 Å². The van der Waals surface area contributed by atoms with Gasteiger partial charge in [-0.15, -0.1) is 5.10 Å². The second-order valence-electron chi connectivity index (χ2n) is 4.97. The molecule has 0 aromatic carbocycles.